The molecule has 0 amide bonds. The zero-order chi connectivity index (χ0) is 19.6. The largest absolute Gasteiger partial charge is 0.474 e. The minimum Gasteiger partial charge on any atom is -0.474 e. The number of anilines is 1. The number of pyridine rings is 2. The first-order valence-electron chi connectivity index (χ1n) is 10.4. The number of aromatic nitrogens is 5. The van der Waals surface area contributed by atoms with Crippen LogP contribution in [0.1, 0.15) is 37.4 Å². The predicted molar refractivity (Wildman–Crippen MR) is 109 cm³/mol. The fourth-order valence-corrected chi connectivity index (χ4v) is 4.22. The average Bonchev–Trinajstić information content (AvgIpc) is 3.21. The Kier molecular flexibility index (Phi) is 5.01. The van der Waals surface area contributed by atoms with Crippen molar-refractivity contribution >= 4 is 16.7 Å². The molecule has 3 aromatic heterocycles. The highest BCUT2D eigenvalue weighted by molar-refractivity contribution is 5.85. The van der Waals surface area contributed by atoms with Gasteiger partial charge in [0, 0.05) is 38.3 Å². The maximum absolute atomic E-state index is 6.43. The van der Waals surface area contributed by atoms with Gasteiger partial charge < -0.3 is 14.4 Å². The summed E-state index contributed by atoms with van der Waals surface area (Å²) in [5, 5.41) is 5.45. The molecule has 4 heterocycles. The van der Waals surface area contributed by atoms with Gasteiger partial charge in [0.1, 0.15) is 18.2 Å². The van der Waals surface area contributed by atoms with E-state index in [9.17, 15) is 0 Å². The molecule has 0 bridgehead atoms. The number of aryl methyl sites for hydroxylation is 1. The Balaban J connectivity index is 1.34. The molecule has 8 heteroatoms. The lowest BCUT2D eigenvalue weighted by molar-refractivity contribution is 0.121. The number of nitrogens with zero attached hydrogens (tertiary/aromatic N) is 6. The molecule has 29 heavy (non-hydrogen) atoms. The van der Waals surface area contributed by atoms with Crippen molar-refractivity contribution < 1.29 is 9.47 Å². The first-order valence-corrected chi connectivity index (χ1v) is 10.4. The van der Waals surface area contributed by atoms with Gasteiger partial charge in [0.05, 0.1) is 24.1 Å². The molecule has 152 valence electrons. The van der Waals surface area contributed by atoms with Crippen LogP contribution < -0.4 is 9.64 Å². The third kappa shape index (κ3) is 3.89. The number of hydrogen-bond donors (Lipinski definition) is 0. The molecule has 1 aliphatic carbocycles. The third-order valence-corrected chi connectivity index (χ3v) is 5.82. The van der Waals surface area contributed by atoms with Crippen LogP contribution in [0.25, 0.3) is 10.9 Å². The maximum atomic E-state index is 6.43. The van der Waals surface area contributed by atoms with Gasteiger partial charge in [0.15, 0.2) is 5.82 Å². The fourth-order valence-electron chi connectivity index (χ4n) is 4.22. The number of hydrogen-bond acceptors (Lipinski definition) is 7. The van der Waals surface area contributed by atoms with Crippen LogP contribution in [0.2, 0.25) is 0 Å². The molecule has 1 aliphatic heterocycles. The highest BCUT2D eigenvalue weighted by Gasteiger charge is 2.27. The summed E-state index contributed by atoms with van der Waals surface area (Å²) in [6.45, 7) is 3.13. The van der Waals surface area contributed by atoms with Gasteiger partial charge in [-0.2, -0.15) is 10.1 Å². The average molecular weight is 394 g/mol. The normalized spacial score (nSPS) is 22.7. The standard InChI is InChI=1S/C21H26N6O2/c1-26-14-23-20(25-26)15-4-6-16(7-5-15)29-21-17-3-2-8-22-18(17)13-19(24-21)27-9-11-28-12-10-27/h2-3,8,13-16H,4-7,9-12H2,1H3/t15-,16+. The molecule has 2 fully saturated rings. The molecule has 1 saturated carbocycles. The van der Waals surface area contributed by atoms with Gasteiger partial charge in [-0.25, -0.2) is 4.98 Å². The monoisotopic (exact) mass is 394 g/mol. The lowest BCUT2D eigenvalue weighted by atomic mass is 9.87. The minimum atomic E-state index is 0.158. The summed E-state index contributed by atoms with van der Waals surface area (Å²) in [6, 6.07) is 6.03. The van der Waals surface area contributed by atoms with Crippen LogP contribution in [-0.2, 0) is 11.8 Å². The van der Waals surface area contributed by atoms with E-state index >= 15 is 0 Å². The van der Waals surface area contributed by atoms with Crippen LogP contribution in [0, 0.1) is 0 Å². The first-order chi connectivity index (χ1) is 14.3. The van der Waals surface area contributed by atoms with Gasteiger partial charge in [-0.3, -0.25) is 9.67 Å². The highest BCUT2D eigenvalue weighted by atomic mass is 16.5. The van der Waals surface area contributed by atoms with E-state index in [1.807, 2.05) is 25.4 Å². The van der Waals surface area contributed by atoms with E-state index < -0.39 is 0 Å². The van der Waals surface area contributed by atoms with Crippen molar-refractivity contribution in [1.29, 1.82) is 0 Å². The lowest BCUT2D eigenvalue weighted by Gasteiger charge is -2.30. The van der Waals surface area contributed by atoms with Gasteiger partial charge >= 0.3 is 0 Å². The Morgan fingerprint density at radius 3 is 2.69 bits per heavy atom. The molecule has 1 saturated heterocycles. The van der Waals surface area contributed by atoms with Gasteiger partial charge in [0.25, 0.3) is 0 Å². The van der Waals surface area contributed by atoms with Crippen molar-refractivity contribution in [3.8, 4) is 5.88 Å². The molecule has 3 aromatic rings. The Hall–Kier alpha value is -2.74. The minimum absolute atomic E-state index is 0.158. The Morgan fingerprint density at radius 1 is 1.10 bits per heavy atom. The van der Waals surface area contributed by atoms with Crippen LogP contribution in [0.3, 0.4) is 0 Å². The number of morpholine rings is 1. The topological polar surface area (TPSA) is 78.2 Å². The molecule has 0 spiro atoms. The van der Waals surface area contributed by atoms with Crippen LogP contribution in [-0.4, -0.2) is 57.1 Å². The Labute approximate surface area is 169 Å². The quantitative estimate of drug-likeness (QED) is 0.673. The third-order valence-electron chi connectivity index (χ3n) is 5.82. The highest BCUT2D eigenvalue weighted by Crippen LogP contribution is 2.35. The van der Waals surface area contributed by atoms with E-state index in [-0.39, 0.29) is 6.10 Å². The molecule has 5 rings (SSSR count). The lowest BCUT2D eigenvalue weighted by Crippen LogP contribution is -2.36. The van der Waals surface area contributed by atoms with Crippen molar-refractivity contribution in [2.75, 3.05) is 31.2 Å². The summed E-state index contributed by atoms with van der Waals surface area (Å²) in [7, 11) is 1.91. The van der Waals surface area contributed by atoms with Crippen molar-refractivity contribution in [3.05, 3.63) is 36.5 Å². The van der Waals surface area contributed by atoms with Crippen molar-refractivity contribution in [2.45, 2.75) is 37.7 Å². The Bertz CT molecular complexity index is 976. The summed E-state index contributed by atoms with van der Waals surface area (Å²) in [6.07, 6.45) is 7.79. The molecule has 0 atom stereocenters. The Morgan fingerprint density at radius 2 is 1.93 bits per heavy atom. The summed E-state index contributed by atoms with van der Waals surface area (Å²) in [5.74, 6) is 2.98. The SMILES string of the molecule is Cn1cnc([C@H]2CC[C@@H](Oc3nc(N4CCOCC4)cc4ncccc34)CC2)n1. The predicted octanol–water partition coefficient (Wildman–Crippen LogP) is 2.70. The molecule has 2 aliphatic rings. The van der Waals surface area contributed by atoms with Crippen molar-refractivity contribution in [2.24, 2.45) is 7.05 Å². The van der Waals surface area contributed by atoms with Crippen LogP contribution in [0.4, 0.5) is 5.82 Å². The van der Waals surface area contributed by atoms with E-state index in [0.29, 0.717) is 11.8 Å². The van der Waals surface area contributed by atoms with E-state index in [4.69, 9.17) is 14.5 Å². The summed E-state index contributed by atoms with van der Waals surface area (Å²) >= 11 is 0. The molecular weight excluding hydrogens is 368 g/mol. The fraction of sp³-hybridized carbons (Fsp3) is 0.524. The summed E-state index contributed by atoms with van der Waals surface area (Å²) in [5.41, 5.74) is 0.922. The zero-order valence-electron chi connectivity index (χ0n) is 16.7. The van der Waals surface area contributed by atoms with Crippen molar-refractivity contribution in [3.63, 3.8) is 0 Å². The van der Waals surface area contributed by atoms with E-state index in [1.165, 1.54) is 0 Å². The second-order valence-corrected chi connectivity index (χ2v) is 7.82. The molecule has 8 nitrogen and oxygen atoms in total. The second-order valence-electron chi connectivity index (χ2n) is 7.82. The van der Waals surface area contributed by atoms with E-state index in [2.05, 4.69) is 26.0 Å². The van der Waals surface area contributed by atoms with E-state index in [0.717, 1.165) is 74.5 Å². The summed E-state index contributed by atoms with van der Waals surface area (Å²) in [4.78, 5) is 16.1. The maximum Gasteiger partial charge on any atom is 0.225 e. The number of rotatable bonds is 4. The number of ether oxygens (including phenoxy) is 2. The van der Waals surface area contributed by atoms with Crippen LogP contribution in [0.5, 0.6) is 5.88 Å². The molecule has 0 unspecified atom stereocenters. The van der Waals surface area contributed by atoms with Crippen LogP contribution >= 0.6 is 0 Å². The first kappa shape index (κ1) is 18.3. The van der Waals surface area contributed by atoms with Crippen LogP contribution in [0.15, 0.2) is 30.7 Å². The van der Waals surface area contributed by atoms with E-state index in [1.54, 1.807) is 11.0 Å². The molecule has 0 N–H and O–H groups in total. The number of fused-ring (bicyclic) bond motifs is 1. The summed E-state index contributed by atoms with van der Waals surface area (Å²) < 4.78 is 13.7. The van der Waals surface area contributed by atoms with Gasteiger partial charge in [0.2, 0.25) is 5.88 Å². The zero-order valence-corrected chi connectivity index (χ0v) is 16.7. The van der Waals surface area contributed by atoms with Gasteiger partial charge in [-0.05, 0) is 37.8 Å². The smallest absolute Gasteiger partial charge is 0.225 e. The molecule has 0 aromatic carbocycles. The second kappa shape index (κ2) is 7.94. The van der Waals surface area contributed by atoms with Gasteiger partial charge in [-0.15, -0.1) is 0 Å². The van der Waals surface area contributed by atoms with Gasteiger partial charge in [-0.1, -0.05) is 0 Å². The molecule has 0 radical (unpaired) electrons. The van der Waals surface area contributed by atoms with Crippen molar-refractivity contribution in [1.82, 2.24) is 24.7 Å². The molecular formula is C21H26N6O2.